The van der Waals surface area contributed by atoms with Crippen molar-refractivity contribution in [2.45, 2.75) is 172 Å². The molecule has 2 aromatic rings. The molecule has 502 valence electrons. The van der Waals surface area contributed by atoms with Crippen LogP contribution in [0.3, 0.4) is 0 Å². The molecule has 2 aliphatic rings. The van der Waals surface area contributed by atoms with Gasteiger partial charge in [0.05, 0.1) is 44.8 Å². The zero-order valence-electron chi connectivity index (χ0n) is 53.4. The van der Waals surface area contributed by atoms with Crippen LogP contribution in [0.2, 0.25) is 0 Å². The summed E-state index contributed by atoms with van der Waals surface area (Å²) in [7, 11) is 0. The predicted octanol–water partition coefficient (Wildman–Crippen LogP) is 3.11. The van der Waals surface area contributed by atoms with Gasteiger partial charge in [-0.05, 0) is 127 Å². The molecule has 0 spiro atoms. The number of unbranched alkanes of at least 4 members (excludes halogenated alkanes) is 10. The van der Waals surface area contributed by atoms with Gasteiger partial charge in [-0.15, -0.1) is 0 Å². The Kier molecular flexibility index (Phi) is 37.7. The molecule has 0 saturated carbocycles. The van der Waals surface area contributed by atoms with E-state index < -0.39 is 55.1 Å². The maximum Gasteiger partial charge on any atom is 0.315 e. The summed E-state index contributed by atoms with van der Waals surface area (Å²) in [4.78, 5) is 143. The molecule has 3 atom stereocenters. The number of carbonyl (C=O) groups is 10. The number of nitrogens with one attached hydrogen (secondary N) is 3. The third-order valence-corrected chi connectivity index (χ3v) is 17.7. The van der Waals surface area contributed by atoms with Crippen LogP contribution in [0, 0.1) is 0 Å². The molecule has 0 aromatic heterocycles. The lowest BCUT2D eigenvalue weighted by Crippen LogP contribution is -2.52. The minimum atomic E-state index is -0.720. The highest BCUT2D eigenvalue weighted by Crippen LogP contribution is 2.33. The number of hydrogen-bond acceptors (Lipinski definition) is 15. The van der Waals surface area contributed by atoms with Crippen molar-refractivity contribution in [3.05, 3.63) is 71.8 Å². The predicted molar refractivity (Wildman–Crippen MR) is 351 cm³/mol. The first-order chi connectivity index (χ1) is 43.5. The van der Waals surface area contributed by atoms with Gasteiger partial charge in [-0.2, -0.15) is 11.8 Å². The van der Waals surface area contributed by atoms with Gasteiger partial charge >= 0.3 is 6.03 Å². The highest BCUT2D eigenvalue weighted by atomic mass is 32.2. The zero-order valence-corrected chi connectivity index (χ0v) is 54.2. The number of Topliss-reactive ketones (excluding diaryl/α,β-unsaturated/α-hetero) is 1. The summed E-state index contributed by atoms with van der Waals surface area (Å²) in [6.45, 7) is 0.554. The fourth-order valence-electron chi connectivity index (χ4n) is 11.0. The molecule has 2 fully saturated rings. The normalized spacial score (nSPS) is 14.8. The van der Waals surface area contributed by atoms with Crippen LogP contribution in [0.15, 0.2) is 60.7 Å². The average molecular weight is 1280 g/mol. The van der Waals surface area contributed by atoms with Crippen LogP contribution < -0.4 is 44.6 Å². The molecule has 13 N–H and O–H groups in total. The highest BCUT2D eigenvalue weighted by molar-refractivity contribution is 8.00. The first-order valence-corrected chi connectivity index (χ1v) is 33.9. The number of benzene rings is 2. The summed E-state index contributed by atoms with van der Waals surface area (Å²) in [5.41, 5.74) is 30.5. The number of ketones is 1. The minimum absolute atomic E-state index is 0.00172. The Balaban J connectivity index is 1.31. The fraction of sp³-hybridized carbons (Fsp3) is 0.662. The largest absolute Gasteiger partial charge is 0.368 e. The maximum absolute atomic E-state index is 14.7. The van der Waals surface area contributed by atoms with Crippen LogP contribution in [0.4, 0.5) is 4.79 Å². The average Bonchev–Trinajstić information content (AvgIpc) is 1.82. The molecule has 4 rings (SSSR count). The number of fused-ring (bicyclic) bond motifs is 1. The molecule has 2 heterocycles. The third-order valence-electron chi connectivity index (χ3n) is 16.2. The molecular weight excluding hydrogens is 1170 g/mol. The maximum atomic E-state index is 14.7. The van der Waals surface area contributed by atoms with E-state index >= 15 is 0 Å². The van der Waals surface area contributed by atoms with Gasteiger partial charge < -0.3 is 74.0 Å². The van der Waals surface area contributed by atoms with Crippen molar-refractivity contribution < 1.29 is 47.9 Å². The van der Waals surface area contributed by atoms with Gasteiger partial charge in [-0.25, -0.2) is 4.79 Å². The van der Waals surface area contributed by atoms with Crippen LogP contribution in [-0.4, -0.2) is 210 Å². The van der Waals surface area contributed by atoms with E-state index in [2.05, 4.69) is 16.0 Å². The number of thioether (sulfide) groups is 1. The van der Waals surface area contributed by atoms with E-state index in [9.17, 15) is 47.9 Å². The minimum Gasteiger partial charge on any atom is -0.368 e. The zero-order chi connectivity index (χ0) is 65.3. The van der Waals surface area contributed by atoms with Crippen molar-refractivity contribution in [3.8, 4) is 0 Å². The van der Waals surface area contributed by atoms with Gasteiger partial charge in [0.25, 0.3) is 0 Å². The fourth-order valence-corrected chi connectivity index (χ4v) is 12.5. The number of nitrogens with two attached hydrogens (primary N) is 5. The number of carbonyl (C=O) groups excluding carboxylic acids is 10. The lowest BCUT2D eigenvalue weighted by molar-refractivity contribution is -0.148. The van der Waals surface area contributed by atoms with Crippen molar-refractivity contribution in [2.75, 3.05) is 104 Å². The molecule has 90 heavy (non-hydrogen) atoms. The number of nitrogens with zero attached hydrogens (tertiary/aromatic N) is 6. The summed E-state index contributed by atoms with van der Waals surface area (Å²) in [6.07, 6.45) is 13.8. The van der Waals surface area contributed by atoms with E-state index in [-0.39, 0.29) is 94.5 Å². The molecule has 0 radical (unpaired) electrons. The monoisotopic (exact) mass is 1270 g/mol. The second kappa shape index (κ2) is 44.7. The Labute approximate surface area is 537 Å². The van der Waals surface area contributed by atoms with Crippen LogP contribution in [-0.2, 0) is 56.2 Å². The van der Waals surface area contributed by atoms with Gasteiger partial charge in [0.2, 0.25) is 47.3 Å². The van der Waals surface area contributed by atoms with E-state index in [0.717, 1.165) is 62.7 Å². The van der Waals surface area contributed by atoms with E-state index in [1.54, 1.807) is 12.1 Å². The molecule has 24 nitrogen and oxygen atoms in total. The Hall–Kier alpha value is -6.67. The summed E-state index contributed by atoms with van der Waals surface area (Å²) < 4.78 is 0. The smallest absolute Gasteiger partial charge is 0.315 e. The third kappa shape index (κ3) is 30.4. The van der Waals surface area contributed by atoms with Crippen molar-refractivity contribution in [1.82, 2.24) is 45.3 Å². The Morgan fingerprint density at radius 1 is 0.444 bits per heavy atom. The summed E-state index contributed by atoms with van der Waals surface area (Å²) in [5.74, 6) is -2.29. The van der Waals surface area contributed by atoms with Gasteiger partial charge in [-0.3, -0.25) is 43.2 Å². The molecular formula is C65H106N14O10S. The first-order valence-electron chi connectivity index (χ1n) is 32.9. The van der Waals surface area contributed by atoms with E-state index in [4.69, 9.17) is 28.7 Å². The second-order valence-electron chi connectivity index (χ2n) is 23.7. The van der Waals surface area contributed by atoms with Gasteiger partial charge in [0, 0.05) is 82.5 Å². The molecule has 2 aliphatic heterocycles. The molecule has 2 aromatic carbocycles. The Morgan fingerprint density at radius 3 is 1.30 bits per heavy atom. The summed E-state index contributed by atoms with van der Waals surface area (Å²) >= 11 is 1.88. The van der Waals surface area contributed by atoms with Crippen molar-refractivity contribution in [3.63, 3.8) is 0 Å². The molecule has 25 heteroatoms. The molecule has 0 aliphatic carbocycles. The quantitative estimate of drug-likeness (QED) is 0.0349. The van der Waals surface area contributed by atoms with E-state index in [1.807, 2.05) is 60.3 Å². The number of amides is 10. The van der Waals surface area contributed by atoms with Crippen molar-refractivity contribution in [2.24, 2.45) is 28.7 Å². The molecule has 1 unspecified atom stereocenters. The van der Waals surface area contributed by atoms with Crippen molar-refractivity contribution >= 4 is 70.8 Å². The molecule has 10 amide bonds. The molecule has 2 saturated heterocycles. The van der Waals surface area contributed by atoms with E-state index in [1.165, 1.54) is 29.4 Å². The number of primary amides is 1. The topological polar surface area (TPSA) is 356 Å². The lowest BCUT2D eigenvalue weighted by atomic mass is 10.0. The van der Waals surface area contributed by atoms with E-state index in [0.29, 0.717) is 134 Å². The molecule has 0 bridgehead atoms. The van der Waals surface area contributed by atoms with Gasteiger partial charge in [0.1, 0.15) is 12.3 Å². The van der Waals surface area contributed by atoms with Crippen molar-refractivity contribution in [1.29, 1.82) is 0 Å². The van der Waals surface area contributed by atoms with Crippen LogP contribution in [0.1, 0.15) is 152 Å². The Bertz CT molecular complexity index is 2500. The Morgan fingerprint density at radius 2 is 0.844 bits per heavy atom. The second-order valence-corrected chi connectivity index (χ2v) is 24.9. The number of hydrogen-bond donors (Lipinski definition) is 8. The van der Waals surface area contributed by atoms with Gasteiger partial charge in [-0.1, -0.05) is 86.3 Å². The summed E-state index contributed by atoms with van der Waals surface area (Å²) in [6, 6.07) is 18.4. The SMILES string of the molecule is NCCCCN(CC(=O)N(CCCCN)CC(=O)N(CCCCN)CC(=O)N(CC(=O)N(CCCCN)CC(=O)N(CC(N)=O)Cc1ccccc1)Cc1ccccc1)C(=O)CCCCCCC(=O)CCCCCNC(=O)CCCCC1SC[C@@H]2NC(=O)N[C@H]12. The standard InChI is InChI=1S/C65H106N14O10S/c66-33-15-20-38-74(58(83)32-12-2-1-10-28-53(80)29-11-5-19-37-71-57(82)31-14-13-30-55-64-54(50-90-55)72-65(89)73-64)45-59(84)75(39-21-16-34-67)46-60(85)76(40-22-17-35-68)48-63(88)79(43-52-26-8-4-9-27-52)49-61(86)77(41-23-18-36-69)47-62(87)78(44-56(70)81)42-51-24-6-3-7-25-51/h3-4,6-9,24-27,54-55,64H,1-2,5,10-23,28-50,66-69H2,(H2,70,81)(H,71,82)(H2,72,73,89)/t54-,55?,64-/m0/s1. The van der Waals surface area contributed by atoms with Gasteiger partial charge in [0.15, 0.2) is 0 Å². The lowest BCUT2D eigenvalue weighted by Gasteiger charge is -2.32. The summed E-state index contributed by atoms with van der Waals surface area (Å²) in [5, 5.41) is 9.36. The van der Waals surface area contributed by atoms with Crippen LogP contribution in [0.25, 0.3) is 0 Å². The highest BCUT2D eigenvalue weighted by Gasteiger charge is 2.42. The van der Waals surface area contributed by atoms with Crippen LogP contribution in [0.5, 0.6) is 0 Å². The van der Waals surface area contributed by atoms with Crippen LogP contribution >= 0.6 is 11.8 Å². The first kappa shape index (κ1) is 75.8. The number of rotatable bonds is 50. The number of urea groups is 1.